The predicted molar refractivity (Wildman–Crippen MR) is 218 cm³/mol. The smallest absolute Gasteiger partial charge is 0.408 e. The van der Waals surface area contributed by atoms with Gasteiger partial charge < -0.3 is 34.4 Å². The summed E-state index contributed by atoms with van der Waals surface area (Å²) in [4.78, 5) is 89.5. The van der Waals surface area contributed by atoms with E-state index in [1.165, 1.54) is 26.6 Å². The predicted octanol–water partition coefficient (Wildman–Crippen LogP) is 5.31. The second-order valence-corrected chi connectivity index (χ2v) is 17.1. The van der Waals surface area contributed by atoms with Gasteiger partial charge in [-0.1, -0.05) is 102 Å². The van der Waals surface area contributed by atoms with Crippen LogP contribution in [0.15, 0.2) is 60.7 Å². The number of esters is 1. The molecule has 3 rings (SSSR count). The van der Waals surface area contributed by atoms with Crippen LogP contribution in [0, 0.1) is 17.8 Å². The van der Waals surface area contributed by atoms with E-state index in [1.54, 1.807) is 48.7 Å². The number of nitrogens with zero attached hydrogens (tertiary/aromatic N) is 4. The number of amides is 5. The maximum Gasteiger partial charge on any atom is 0.408 e. The maximum absolute atomic E-state index is 14.7. The van der Waals surface area contributed by atoms with Crippen molar-refractivity contribution in [3.8, 4) is 0 Å². The summed E-state index contributed by atoms with van der Waals surface area (Å²) in [6, 6.07) is 13.8. The van der Waals surface area contributed by atoms with E-state index < -0.39 is 65.6 Å². The van der Waals surface area contributed by atoms with Gasteiger partial charge in [0, 0.05) is 34.1 Å². The van der Waals surface area contributed by atoms with E-state index in [0.29, 0.717) is 19.4 Å². The van der Waals surface area contributed by atoms with Crippen molar-refractivity contribution in [1.82, 2.24) is 24.9 Å². The van der Waals surface area contributed by atoms with Gasteiger partial charge >= 0.3 is 12.1 Å². The number of carbonyl (C=O) groups is 6. The number of rotatable bonds is 16. The molecular formula is C44H65N5O8. The van der Waals surface area contributed by atoms with E-state index >= 15 is 0 Å². The molecular weight excluding hydrogens is 727 g/mol. The van der Waals surface area contributed by atoms with Crippen molar-refractivity contribution in [2.24, 2.45) is 17.8 Å². The monoisotopic (exact) mass is 791 g/mol. The highest BCUT2D eigenvalue weighted by Gasteiger charge is 2.45. The number of hydrogen-bond acceptors (Lipinski definition) is 8. The maximum atomic E-state index is 14.7. The first-order valence-corrected chi connectivity index (χ1v) is 20.0. The Balaban J connectivity index is 1.90. The van der Waals surface area contributed by atoms with Crippen molar-refractivity contribution in [3.05, 3.63) is 71.8 Å². The Labute approximate surface area is 339 Å². The Kier molecular flexibility index (Phi) is 16.7. The molecule has 0 spiro atoms. The van der Waals surface area contributed by atoms with Gasteiger partial charge in [0.15, 0.2) is 0 Å². The van der Waals surface area contributed by atoms with Crippen LogP contribution in [0.4, 0.5) is 4.79 Å². The van der Waals surface area contributed by atoms with E-state index in [2.05, 4.69) is 5.32 Å². The number of nitrogens with one attached hydrogen (secondary N) is 1. The van der Waals surface area contributed by atoms with Gasteiger partial charge in [-0.3, -0.25) is 19.2 Å². The molecule has 13 nitrogen and oxygen atoms in total. The van der Waals surface area contributed by atoms with Gasteiger partial charge in [-0.15, -0.1) is 0 Å². The molecule has 5 atom stereocenters. The Hall–Kier alpha value is -4.94. The van der Waals surface area contributed by atoms with E-state index in [-0.39, 0.29) is 36.7 Å². The minimum Gasteiger partial charge on any atom is -0.459 e. The summed E-state index contributed by atoms with van der Waals surface area (Å²) < 4.78 is 11.1. The molecule has 1 N–H and O–H groups in total. The molecule has 0 unspecified atom stereocenters. The van der Waals surface area contributed by atoms with E-state index in [0.717, 1.165) is 11.1 Å². The van der Waals surface area contributed by atoms with Crippen LogP contribution in [-0.2, 0) is 46.5 Å². The molecule has 2 aromatic rings. The summed E-state index contributed by atoms with van der Waals surface area (Å²) in [6.07, 6.45) is 0.458. The average Bonchev–Trinajstić information content (AvgIpc) is 3.64. The fraction of sp³-hybridized carbons (Fsp3) is 0.591. The molecule has 13 heteroatoms. The molecule has 0 aromatic heterocycles. The summed E-state index contributed by atoms with van der Waals surface area (Å²) >= 11 is 0. The standard InChI is InChI=1S/C44H65N5O8/c1-28(2)35(45-43(55)57-44(7,8)9)39(51)46(10)34(26-31-20-15-13-16-21-31)38(50)47(11)36(29(3)4)40(52)48(12)37(30(5)6)41(53)49-25-19-24-33(49)42(54)56-27-32-22-17-14-18-23-32/h13-18,20-23,28-30,33-37H,19,24-27H2,1-12H3,(H,45,55)/t33-,34-,35-,36-,37-/m0/s1. The van der Waals surface area contributed by atoms with Crippen LogP contribution < -0.4 is 5.32 Å². The van der Waals surface area contributed by atoms with Crippen LogP contribution >= 0.6 is 0 Å². The van der Waals surface area contributed by atoms with E-state index in [9.17, 15) is 28.8 Å². The Morgan fingerprint density at radius 1 is 0.719 bits per heavy atom. The first-order chi connectivity index (χ1) is 26.7. The summed E-state index contributed by atoms with van der Waals surface area (Å²) in [5.74, 6) is -3.34. The molecule has 0 radical (unpaired) electrons. The Morgan fingerprint density at radius 3 is 1.75 bits per heavy atom. The Morgan fingerprint density at radius 2 is 1.25 bits per heavy atom. The molecule has 314 valence electrons. The van der Waals surface area contributed by atoms with Crippen LogP contribution in [0.5, 0.6) is 0 Å². The lowest BCUT2D eigenvalue weighted by atomic mass is 9.95. The molecule has 1 aliphatic heterocycles. The molecule has 1 aliphatic rings. The topological polar surface area (TPSA) is 146 Å². The lowest BCUT2D eigenvalue weighted by molar-refractivity contribution is -0.159. The Bertz CT molecular complexity index is 1680. The molecule has 0 aliphatic carbocycles. The number of carbonyl (C=O) groups excluding carboxylic acids is 6. The summed E-state index contributed by atoms with van der Waals surface area (Å²) in [5, 5.41) is 2.69. The van der Waals surface area contributed by atoms with Crippen molar-refractivity contribution in [1.29, 1.82) is 0 Å². The number of ether oxygens (including phenoxy) is 2. The zero-order chi connectivity index (χ0) is 42.8. The van der Waals surface area contributed by atoms with Crippen molar-refractivity contribution in [2.75, 3.05) is 27.7 Å². The zero-order valence-corrected chi connectivity index (χ0v) is 36.0. The fourth-order valence-electron chi connectivity index (χ4n) is 7.33. The minimum absolute atomic E-state index is 0.0884. The zero-order valence-electron chi connectivity index (χ0n) is 36.0. The molecule has 5 amide bonds. The largest absolute Gasteiger partial charge is 0.459 e. The van der Waals surface area contributed by atoms with Gasteiger partial charge in [0.1, 0.15) is 42.4 Å². The van der Waals surface area contributed by atoms with Crippen LogP contribution in [0.25, 0.3) is 0 Å². The van der Waals surface area contributed by atoms with E-state index in [1.807, 2.05) is 88.4 Å². The SMILES string of the molecule is CC(C)[C@H](NC(=O)OC(C)(C)C)C(=O)N(C)[C@@H](Cc1ccccc1)C(=O)N(C)[C@H](C(=O)N(C)[C@H](C(=O)N1CCC[C@H]1C(=O)OCc1ccccc1)C(C)C)C(C)C. The van der Waals surface area contributed by atoms with Crippen LogP contribution in [0.2, 0.25) is 0 Å². The van der Waals surface area contributed by atoms with Crippen molar-refractivity contribution in [3.63, 3.8) is 0 Å². The summed E-state index contributed by atoms with van der Waals surface area (Å²) in [7, 11) is 4.63. The molecule has 2 aromatic carbocycles. The first-order valence-electron chi connectivity index (χ1n) is 20.0. The summed E-state index contributed by atoms with van der Waals surface area (Å²) in [5.41, 5.74) is 0.844. The van der Waals surface area contributed by atoms with Gasteiger partial charge in [-0.25, -0.2) is 9.59 Å². The second kappa shape index (κ2) is 20.5. The van der Waals surface area contributed by atoms with Gasteiger partial charge in [0.2, 0.25) is 23.6 Å². The van der Waals surface area contributed by atoms with Gasteiger partial charge in [0.05, 0.1) is 0 Å². The average molecular weight is 792 g/mol. The third kappa shape index (κ3) is 12.5. The van der Waals surface area contributed by atoms with Gasteiger partial charge in [-0.2, -0.15) is 0 Å². The highest BCUT2D eigenvalue weighted by molar-refractivity contribution is 5.96. The lowest BCUT2D eigenvalue weighted by Gasteiger charge is -2.41. The van der Waals surface area contributed by atoms with Crippen LogP contribution in [0.3, 0.4) is 0 Å². The highest BCUT2D eigenvalue weighted by atomic mass is 16.6. The molecule has 57 heavy (non-hydrogen) atoms. The van der Waals surface area contributed by atoms with Crippen LogP contribution in [0.1, 0.15) is 86.3 Å². The third-order valence-electron chi connectivity index (χ3n) is 10.3. The number of alkyl carbamates (subject to hydrolysis) is 1. The number of likely N-dealkylation sites (N-methyl/N-ethyl adjacent to an activating group) is 3. The van der Waals surface area contributed by atoms with E-state index in [4.69, 9.17) is 9.47 Å². The normalized spacial score (nSPS) is 16.4. The fourth-order valence-corrected chi connectivity index (χ4v) is 7.33. The van der Waals surface area contributed by atoms with Crippen molar-refractivity contribution >= 4 is 35.7 Å². The lowest BCUT2D eigenvalue weighted by Crippen LogP contribution is -2.62. The number of benzene rings is 2. The molecule has 1 fully saturated rings. The summed E-state index contributed by atoms with van der Waals surface area (Å²) in [6.45, 7) is 16.5. The highest BCUT2D eigenvalue weighted by Crippen LogP contribution is 2.26. The van der Waals surface area contributed by atoms with Gasteiger partial charge in [0.25, 0.3) is 0 Å². The quantitative estimate of drug-likeness (QED) is 0.226. The third-order valence-corrected chi connectivity index (χ3v) is 10.3. The van der Waals surface area contributed by atoms with Crippen molar-refractivity contribution < 1.29 is 38.2 Å². The molecule has 1 heterocycles. The minimum atomic E-state index is -1.05. The molecule has 1 saturated heterocycles. The van der Waals surface area contributed by atoms with Crippen molar-refractivity contribution in [2.45, 2.75) is 124 Å². The molecule has 0 bridgehead atoms. The number of likely N-dealkylation sites (tertiary alicyclic amines) is 1. The van der Waals surface area contributed by atoms with Gasteiger partial charge in [-0.05, 0) is 62.5 Å². The molecule has 0 saturated carbocycles. The second-order valence-electron chi connectivity index (χ2n) is 17.1. The number of hydrogen-bond donors (Lipinski definition) is 1. The van der Waals surface area contributed by atoms with Crippen LogP contribution in [-0.4, -0.2) is 119 Å². The first kappa shape index (κ1) is 46.4.